The Morgan fingerprint density at radius 3 is 1.43 bits per heavy atom. The highest BCUT2D eigenvalue weighted by Crippen LogP contribution is 2.42. The van der Waals surface area contributed by atoms with E-state index in [1.165, 1.54) is 27.8 Å². The molecule has 6 N–H and O–H groups in total. The smallest absolute Gasteiger partial charge is 0.127 e. The fourth-order valence-corrected chi connectivity index (χ4v) is 9.36. The van der Waals surface area contributed by atoms with Crippen LogP contribution in [-0.2, 0) is 22.3 Å². The minimum Gasteiger partial charge on any atom is -0.493 e. The van der Waals surface area contributed by atoms with Crippen LogP contribution >= 0.6 is 0 Å². The van der Waals surface area contributed by atoms with E-state index in [9.17, 15) is 20.4 Å². The average molecular weight is 980 g/mol. The maximum absolute atomic E-state index is 10.2. The number of rotatable bonds is 24. The number of hydrogen-bond donors (Lipinski definition) is 5. The summed E-state index contributed by atoms with van der Waals surface area (Å²) in [5.74, 6) is 3.25. The molecule has 2 fully saturated rings. The van der Waals surface area contributed by atoms with E-state index in [1.807, 2.05) is 61.5 Å². The quantitative estimate of drug-likeness (QED) is 0.0392. The highest BCUT2D eigenvalue weighted by atomic mass is 16.5. The van der Waals surface area contributed by atoms with Crippen LogP contribution in [0.2, 0.25) is 0 Å². The van der Waals surface area contributed by atoms with Crippen LogP contribution < -0.4 is 24.7 Å². The Morgan fingerprint density at radius 2 is 1.04 bits per heavy atom. The summed E-state index contributed by atoms with van der Waals surface area (Å²) in [4.78, 5) is 0. The zero-order chi connectivity index (χ0) is 50.6. The van der Waals surface area contributed by atoms with Gasteiger partial charge in [-0.1, -0.05) is 112 Å². The topological polar surface area (TPSA) is 162 Å². The van der Waals surface area contributed by atoms with Gasteiger partial charge >= 0.3 is 0 Å². The van der Waals surface area contributed by atoms with Crippen LogP contribution in [-0.4, -0.2) is 106 Å². The second-order valence-corrected chi connectivity index (χ2v) is 20.8. The molecule has 72 heavy (non-hydrogen) atoms. The Hall–Kier alpha value is -5.76. The van der Waals surface area contributed by atoms with Crippen LogP contribution in [0, 0.1) is 21.7 Å². The van der Waals surface area contributed by atoms with Crippen molar-refractivity contribution in [3.05, 3.63) is 156 Å². The minimum absolute atomic E-state index is 0.0380. The molecule has 0 aromatic heterocycles. The Bertz CT molecular complexity index is 2590. The van der Waals surface area contributed by atoms with Crippen LogP contribution in [0.4, 0.5) is 0 Å². The van der Waals surface area contributed by atoms with Crippen LogP contribution in [0.5, 0.6) is 23.0 Å². The van der Waals surface area contributed by atoms with Crippen molar-refractivity contribution in [3.8, 4) is 56.4 Å². The fourth-order valence-electron chi connectivity index (χ4n) is 9.36. The van der Waals surface area contributed by atoms with Crippen LogP contribution in [0.3, 0.4) is 0 Å². The van der Waals surface area contributed by atoms with Gasteiger partial charge in [-0.3, -0.25) is 0 Å². The van der Waals surface area contributed by atoms with Gasteiger partial charge in [0.15, 0.2) is 0 Å². The van der Waals surface area contributed by atoms with E-state index >= 15 is 0 Å². The number of aliphatic hydroxyl groups excluding tert-OH is 4. The monoisotopic (exact) mass is 980 g/mol. The number of ether oxygens (including phenoxy) is 6. The Kier molecular flexibility index (Phi) is 17.4. The third-order valence-electron chi connectivity index (χ3n) is 14.7. The molecular formula is C61H73NO10. The first-order valence-electron chi connectivity index (χ1n) is 25.5. The molecule has 382 valence electrons. The van der Waals surface area contributed by atoms with Crippen molar-refractivity contribution in [2.45, 2.75) is 52.9 Å². The Morgan fingerprint density at radius 1 is 0.556 bits per heavy atom. The Labute approximate surface area is 425 Å². The third kappa shape index (κ3) is 12.3. The van der Waals surface area contributed by atoms with Crippen LogP contribution in [0.25, 0.3) is 33.4 Å². The van der Waals surface area contributed by atoms with E-state index in [4.69, 9.17) is 34.2 Å². The highest BCUT2D eigenvalue weighted by molar-refractivity contribution is 5.78. The molecule has 0 spiro atoms. The molecular weight excluding hydrogens is 907 g/mol. The summed E-state index contributed by atoms with van der Waals surface area (Å²) < 4.78 is 35.1. The largest absolute Gasteiger partial charge is 0.493 e. The zero-order valence-corrected chi connectivity index (χ0v) is 42.2. The molecule has 0 bridgehead atoms. The van der Waals surface area contributed by atoms with Crippen molar-refractivity contribution in [3.63, 3.8) is 0 Å². The molecule has 2 saturated heterocycles. The van der Waals surface area contributed by atoms with E-state index in [-0.39, 0.29) is 42.7 Å². The molecule has 2 unspecified atom stereocenters. The van der Waals surface area contributed by atoms with Gasteiger partial charge in [-0.05, 0) is 119 Å². The summed E-state index contributed by atoms with van der Waals surface area (Å²) in [7, 11) is 0. The summed E-state index contributed by atoms with van der Waals surface area (Å²) in [6, 6.07) is 45.7. The summed E-state index contributed by atoms with van der Waals surface area (Å²) in [5, 5.41) is 39.1. The van der Waals surface area contributed by atoms with Crippen molar-refractivity contribution >= 4 is 0 Å². The summed E-state index contributed by atoms with van der Waals surface area (Å²) >= 11 is 0. The maximum Gasteiger partial charge on any atom is 0.127 e. The van der Waals surface area contributed by atoms with Crippen molar-refractivity contribution < 1.29 is 48.8 Å². The lowest BCUT2D eigenvalue weighted by Gasteiger charge is -2.39. The molecule has 11 nitrogen and oxygen atoms in total. The van der Waals surface area contributed by atoms with Crippen LogP contribution in [0.15, 0.2) is 133 Å². The molecule has 0 amide bonds. The first kappa shape index (κ1) is 52.6. The van der Waals surface area contributed by atoms with Gasteiger partial charge in [-0.15, -0.1) is 0 Å². The first-order chi connectivity index (χ1) is 35.0. The average Bonchev–Trinajstić information content (AvgIpc) is 3.77. The maximum atomic E-state index is 10.2. The molecule has 9 rings (SSSR count). The molecule has 11 heteroatoms. The van der Waals surface area contributed by atoms with Crippen molar-refractivity contribution in [1.82, 2.24) is 0 Å². The normalized spacial score (nSPS) is 16.6. The van der Waals surface area contributed by atoms with Gasteiger partial charge in [0, 0.05) is 28.5 Å². The molecule has 2 atom stereocenters. The van der Waals surface area contributed by atoms with Crippen molar-refractivity contribution in [2.75, 3.05) is 85.8 Å². The lowest BCUT2D eigenvalue weighted by molar-refractivity contribution is -0.153. The number of nitrogens with two attached hydrogens (primary N) is 1. The standard InChI is InChI=1S/C38H47NO4.C23H26O6/c1-4-20-38(5-2,26-41)28-43-36-19-17-30(23-34(36)32-14-10-7-11-15-32)21-29-16-18-35(42-27-37(3,24-39)25-40)33(22-29)31-12-8-6-9-13-31;24-8-22(10-26-11-22)14-28-18-1-3-20-16(6-18)5-17-7-19(2-4-21(17)20)29-15-23(9-25)12-27-13-23/h6-19,22-23,40-41H,4-5,20-21,24-28,39H2,1-3H3;1-4,6-7,24-25H,5,8-15H2. The van der Waals surface area contributed by atoms with E-state index in [2.05, 4.69) is 92.7 Å². The second-order valence-electron chi connectivity index (χ2n) is 20.8. The molecule has 3 aliphatic rings. The van der Waals surface area contributed by atoms with Gasteiger partial charge in [0.2, 0.25) is 0 Å². The van der Waals surface area contributed by atoms with E-state index in [0.29, 0.717) is 59.4 Å². The zero-order valence-electron chi connectivity index (χ0n) is 42.2. The minimum atomic E-state index is -0.505. The van der Waals surface area contributed by atoms with Gasteiger partial charge in [-0.2, -0.15) is 0 Å². The van der Waals surface area contributed by atoms with E-state index in [1.54, 1.807) is 0 Å². The van der Waals surface area contributed by atoms with E-state index < -0.39 is 5.41 Å². The predicted octanol–water partition coefficient (Wildman–Crippen LogP) is 9.55. The summed E-state index contributed by atoms with van der Waals surface area (Å²) in [5.41, 5.74) is 16.1. The molecule has 0 saturated carbocycles. The number of benzene rings is 6. The van der Waals surface area contributed by atoms with E-state index in [0.717, 1.165) is 82.9 Å². The van der Waals surface area contributed by atoms with Gasteiger partial charge in [-0.25, -0.2) is 0 Å². The van der Waals surface area contributed by atoms with Gasteiger partial charge in [0.1, 0.15) is 36.2 Å². The third-order valence-corrected chi connectivity index (χ3v) is 14.7. The summed E-state index contributed by atoms with van der Waals surface area (Å²) in [6.45, 7) is 10.7. The lowest BCUT2D eigenvalue weighted by atomic mass is 9.82. The highest BCUT2D eigenvalue weighted by Gasteiger charge is 2.40. The fraction of sp³-hybridized carbons (Fsp3) is 0.410. The first-order valence-corrected chi connectivity index (χ1v) is 25.5. The molecule has 2 aliphatic heterocycles. The number of hydrogen-bond acceptors (Lipinski definition) is 11. The number of fused-ring (bicyclic) bond motifs is 3. The number of aliphatic hydroxyl groups is 4. The SMILES string of the molecule is CCCC(CC)(CO)COc1ccc(Cc2ccc(OCC(C)(CN)CO)c(-c3ccccc3)c2)cc1-c1ccccc1.OCC1(COc2ccc3c(c2)Cc2cc(OCC4(CO)COC4)ccc2-3)COC1. The molecule has 2 heterocycles. The predicted molar refractivity (Wildman–Crippen MR) is 283 cm³/mol. The van der Waals surface area contributed by atoms with Crippen LogP contribution in [0.1, 0.15) is 62.3 Å². The molecule has 1 aliphatic carbocycles. The van der Waals surface area contributed by atoms with Crippen molar-refractivity contribution in [1.29, 1.82) is 0 Å². The van der Waals surface area contributed by atoms with Crippen molar-refractivity contribution in [2.24, 2.45) is 27.4 Å². The summed E-state index contributed by atoms with van der Waals surface area (Å²) in [6.07, 6.45) is 4.37. The van der Waals surface area contributed by atoms with Gasteiger partial charge in [0.25, 0.3) is 0 Å². The Balaban J connectivity index is 0.000000207. The molecule has 6 aromatic rings. The van der Waals surface area contributed by atoms with Gasteiger partial charge in [0.05, 0.1) is 76.9 Å². The molecule has 6 aromatic carbocycles. The van der Waals surface area contributed by atoms with Gasteiger partial charge < -0.3 is 54.6 Å². The molecule has 0 radical (unpaired) electrons. The second kappa shape index (κ2) is 23.9. The lowest BCUT2D eigenvalue weighted by Crippen LogP contribution is -2.49.